The van der Waals surface area contributed by atoms with Gasteiger partial charge < -0.3 is 25.3 Å². The molecular formula is C11H21NO6. The molecule has 1 fully saturated rings. The third-order valence-corrected chi connectivity index (χ3v) is 1.65. The Morgan fingerprint density at radius 3 is 1.72 bits per heavy atom. The molecule has 0 radical (unpaired) electrons. The average Bonchev–Trinajstić information content (AvgIpc) is 3.11. The summed E-state index contributed by atoms with van der Waals surface area (Å²) in [6.07, 6.45) is 0.292. The molecule has 1 aliphatic heterocycles. The fourth-order valence-corrected chi connectivity index (χ4v) is 0.548. The molecule has 18 heavy (non-hydrogen) atoms. The van der Waals surface area contributed by atoms with Crippen molar-refractivity contribution >= 4 is 11.9 Å². The van der Waals surface area contributed by atoms with Crippen molar-refractivity contribution in [2.45, 2.75) is 13.3 Å². The molecule has 0 aromatic rings. The van der Waals surface area contributed by atoms with E-state index in [1.54, 1.807) is 0 Å². The maximum atomic E-state index is 9.90. The van der Waals surface area contributed by atoms with Crippen molar-refractivity contribution < 1.29 is 30.0 Å². The minimum Gasteiger partial charge on any atom is -0.481 e. The molecule has 4 N–H and O–H groups in total. The summed E-state index contributed by atoms with van der Waals surface area (Å²) < 4.78 is 0. The van der Waals surface area contributed by atoms with Gasteiger partial charge in [-0.25, -0.2) is 4.79 Å². The number of aliphatic hydroxyl groups is 2. The van der Waals surface area contributed by atoms with Crippen LogP contribution in [0.15, 0.2) is 12.2 Å². The average molecular weight is 263 g/mol. The molecule has 0 bridgehead atoms. The zero-order valence-electron chi connectivity index (χ0n) is 10.5. The highest BCUT2D eigenvalue weighted by Crippen LogP contribution is 2.02. The highest BCUT2D eigenvalue weighted by atomic mass is 16.4. The second-order valence-electron chi connectivity index (χ2n) is 3.52. The van der Waals surface area contributed by atoms with Crippen LogP contribution >= 0.6 is 0 Å². The Hall–Kier alpha value is -1.44. The van der Waals surface area contributed by atoms with E-state index in [1.165, 1.54) is 6.92 Å². The molecule has 0 unspecified atom stereocenters. The first-order valence-corrected chi connectivity index (χ1v) is 5.39. The monoisotopic (exact) mass is 263 g/mol. The fraction of sp³-hybridized carbons (Fsp3) is 0.636. The highest BCUT2D eigenvalue weighted by molar-refractivity contribution is 5.84. The summed E-state index contributed by atoms with van der Waals surface area (Å²) in [6, 6.07) is 0. The smallest absolute Gasteiger partial charge is 0.330 e. The quantitative estimate of drug-likeness (QED) is 0.386. The van der Waals surface area contributed by atoms with E-state index in [-0.39, 0.29) is 18.8 Å². The Morgan fingerprint density at radius 1 is 1.17 bits per heavy atom. The normalized spacial score (nSPS) is 12.4. The predicted octanol–water partition coefficient (Wildman–Crippen LogP) is -0.605. The van der Waals surface area contributed by atoms with Gasteiger partial charge in [0.05, 0.1) is 19.6 Å². The summed E-state index contributed by atoms with van der Waals surface area (Å²) in [4.78, 5) is 21.6. The Kier molecular flexibility index (Phi) is 12.6. The van der Waals surface area contributed by atoms with Crippen LogP contribution in [-0.2, 0) is 9.59 Å². The summed E-state index contributed by atoms with van der Waals surface area (Å²) in [6.45, 7) is 7.26. The van der Waals surface area contributed by atoms with Gasteiger partial charge in [-0.05, 0) is 6.92 Å². The van der Waals surface area contributed by atoms with Crippen LogP contribution in [0, 0.1) is 0 Å². The first kappa shape index (κ1) is 18.9. The van der Waals surface area contributed by atoms with Crippen LogP contribution in [0.5, 0.6) is 0 Å². The number of hydrogen-bond acceptors (Lipinski definition) is 5. The largest absolute Gasteiger partial charge is 0.481 e. The number of carboxylic acid groups (broad SMARTS) is 2. The Balaban J connectivity index is 0. The number of rotatable bonds is 5. The van der Waals surface area contributed by atoms with Crippen molar-refractivity contribution in [3.05, 3.63) is 12.2 Å². The SMILES string of the molecule is C=C(C)C(=O)O.O=C(O)CCN1CC1.OCCO. The lowest BCUT2D eigenvalue weighted by molar-refractivity contribution is -0.137. The third-order valence-electron chi connectivity index (χ3n) is 1.65. The maximum Gasteiger partial charge on any atom is 0.330 e. The molecule has 106 valence electrons. The molecule has 1 rings (SSSR count). The lowest BCUT2D eigenvalue weighted by Crippen LogP contribution is -2.05. The van der Waals surface area contributed by atoms with E-state index in [2.05, 4.69) is 11.5 Å². The molecule has 0 aliphatic carbocycles. The molecule has 7 nitrogen and oxygen atoms in total. The lowest BCUT2D eigenvalue weighted by Gasteiger charge is -1.92. The van der Waals surface area contributed by atoms with Gasteiger partial charge in [0.1, 0.15) is 0 Å². The minimum absolute atomic E-state index is 0.125. The number of carbonyl (C=O) groups is 2. The molecule has 0 amide bonds. The molecule has 0 aromatic carbocycles. The van der Waals surface area contributed by atoms with Crippen LogP contribution < -0.4 is 0 Å². The second kappa shape index (κ2) is 12.0. The van der Waals surface area contributed by atoms with Gasteiger partial charge in [-0.2, -0.15) is 0 Å². The molecule has 0 spiro atoms. The predicted molar refractivity (Wildman–Crippen MR) is 65.3 cm³/mol. The van der Waals surface area contributed by atoms with E-state index in [0.29, 0.717) is 6.42 Å². The first-order valence-electron chi connectivity index (χ1n) is 5.39. The highest BCUT2D eigenvalue weighted by Gasteiger charge is 2.16. The maximum absolute atomic E-state index is 9.90. The molecule has 1 saturated heterocycles. The van der Waals surface area contributed by atoms with Gasteiger partial charge in [-0.1, -0.05) is 6.58 Å². The number of aliphatic carboxylic acids is 2. The molecule has 1 aliphatic rings. The van der Waals surface area contributed by atoms with Crippen LogP contribution in [0.1, 0.15) is 13.3 Å². The van der Waals surface area contributed by atoms with Gasteiger partial charge in [0, 0.05) is 25.2 Å². The van der Waals surface area contributed by atoms with Gasteiger partial charge in [0.25, 0.3) is 0 Å². The van der Waals surface area contributed by atoms with Gasteiger partial charge in [0.15, 0.2) is 0 Å². The first-order chi connectivity index (χ1) is 8.34. The molecule has 0 atom stereocenters. The summed E-state index contributed by atoms with van der Waals surface area (Å²) in [5.74, 6) is -1.63. The van der Waals surface area contributed by atoms with Gasteiger partial charge >= 0.3 is 11.9 Å². The van der Waals surface area contributed by atoms with Crippen LogP contribution in [0.4, 0.5) is 0 Å². The van der Waals surface area contributed by atoms with Crippen LogP contribution in [-0.4, -0.2) is 70.1 Å². The molecule has 0 aromatic heterocycles. The number of nitrogens with zero attached hydrogens (tertiary/aromatic N) is 1. The summed E-state index contributed by atoms with van der Waals surface area (Å²) in [7, 11) is 0. The Bertz CT molecular complexity index is 248. The fourth-order valence-electron chi connectivity index (χ4n) is 0.548. The third kappa shape index (κ3) is 20.0. The van der Waals surface area contributed by atoms with Crippen molar-refractivity contribution in [1.29, 1.82) is 0 Å². The lowest BCUT2D eigenvalue weighted by atomic mass is 10.4. The standard InChI is InChI=1S/C5H9NO2.C4H6O2.C2H6O2/c7-5(8)1-2-6-3-4-6;1-3(2)4(5)6;3-1-2-4/h1-4H2,(H,7,8);1H2,2H3,(H,5,6);3-4H,1-2H2. The van der Waals surface area contributed by atoms with Crippen molar-refractivity contribution in [1.82, 2.24) is 4.90 Å². The number of carboxylic acids is 2. The minimum atomic E-state index is -0.935. The summed E-state index contributed by atoms with van der Waals surface area (Å²) in [5.41, 5.74) is 0.176. The number of aliphatic hydroxyl groups excluding tert-OH is 2. The van der Waals surface area contributed by atoms with E-state index >= 15 is 0 Å². The van der Waals surface area contributed by atoms with Crippen molar-refractivity contribution in [2.75, 3.05) is 32.8 Å². The van der Waals surface area contributed by atoms with Gasteiger partial charge in [-0.3, -0.25) is 4.79 Å². The zero-order valence-corrected chi connectivity index (χ0v) is 10.5. The van der Waals surface area contributed by atoms with E-state index in [4.69, 9.17) is 20.4 Å². The summed E-state index contributed by atoms with van der Waals surface area (Å²) in [5, 5.41) is 31.3. The Labute approximate surface area is 106 Å². The second-order valence-corrected chi connectivity index (χ2v) is 3.52. The van der Waals surface area contributed by atoms with Crippen molar-refractivity contribution in [2.24, 2.45) is 0 Å². The van der Waals surface area contributed by atoms with Crippen LogP contribution in [0.2, 0.25) is 0 Å². The Morgan fingerprint density at radius 2 is 1.56 bits per heavy atom. The van der Waals surface area contributed by atoms with E-state index in [0.717, 1.165) is 19.6 Å². The molecule has 0 saturated carbocycles. The van der Waals surface area contributed by atoms with Gasteiger partial charge in [0.2, 0.25) is 0 Å². The molecule has 7 heteroatoms. The number of hydrogen-bond donors (Lipinski definition) is 4. The zero-order chi connectivity index (χ0) is 14.6. The topological polar surface area (TPSA) is 118 Å². The van der Waals surface area contributed by atoms with E-state index in [1.807, 2.05) is 0 Å². The van der Waals surface area contributed by atoms with E-state index < -0.39 is 11.9 Å². The molecule has 1 heterocycles. The van der Waals surface area contributed by atoms with Gasteiger partial charge in [-0.15, -0.1) is 0 Å². The van der Waals surface area contributed by atoms with Crippen LogP contribution in [0.3, 0.4) is 0 Å². The van der Waals surface area contributed by atoms with Crippen molar-refractivity contribution in [3.8, 4) is 0 Å². The summed E-state index contributed by atoms with van der Waals surface area (Å²) >= 11 is 0. The van der Waals surface area contributed by atoms with Crippen LogP contribution in [0.25, 0.3) is 0 Å². The van der Waals surface area contributed by atoms with E-state index in [9.17, 15) is 9.59 Å². The van der Waals surface area contributed by atoms with Crippen molar-refractivity contribution in [3.63, 3.8) is 0 Å². The molecular weight excluding hydrogens is 242 g/mol.